The fourth-order valence-corrected chi connectivity index (χ4v) is 3.77. The maximum absolute atomic E-state index is 13.0. The third-order valence-electron chi connectivity index (χ3n) is 5.38. The van der Waals surface area contributed by atoms with E-state index in [4.69, 9.17) is 0 Å². The van der Waals surface area contributed by atoms with Gasteiger partial charge in [0.1, 0.15) is 5.82 Å². The number of rotatable bonds is 11. The molecule has 1 heterocycles. The monoisotopic (exact) mass is 503 g/mol. The van der Waals surface area contributed by atoms with E-state index in [1.165, 1.54) is 12.4 Å². The second-order valence-corrected chi connectivity index (χ2v) is 9.06. The van der Waals surface area contributed by atoms with Crippen LogP contribution in [0.15, 0.2) is 72.0 Å². The van der Waals surface area contributed by atoms with E-state index in [1.54, 1.807) is 44.2 Å². The van der Waals surface area contributed by atoms with Crippen molar-refractivity contribution in [3.05, 3.63) is 94.7 Å². The van der Waals surface area contributed by atoms with Gasteiger partial charge in [0.25, 0.3) is 11.8 Å². The van der Waals surface area contributed by atoms with Gasteiger partial charge < -0.3 is 15.5 Å². The lowest BCUT2D eigenvalue weighted by molar-refractivity contribution is 0.0793. The van der Waals surface area contributed by atoms with E-state index in [1.807, 2.05) is 42.2 Å². The zero-order valence-corrected chi connectivity index (χ0v) is 21.3. The van der Waals surface area contributed by atoms with E-state index in [2.05, 4.69) is 20.8 Å². The van der Waals surface area contributed by atoms with Gasteiger partial charge in [-0.1, -0.05) is 42.0 Å². The van der Waals surface area contributed by atoms with Crippen molar-refractivity contribution in [2.24, 2.45) is 5.10 Å². The number of hydrazone groups is 1. The third-order valence-corrected chi connectivity index (χ3v) is 5.38. The largest absolute Gasteiger partial charge is 0.392 e. The molecule has 2 unspecified atom stereocenters. The summed E-state index contributed by atoms with van der Waals surface area (Å²) >= 11 is 0. The molecule has 2 atom stereocenters. The molecule has 0 saturated heterocycles. The van der Waals surface area contributed by atoms with Crippen LogP contribution in [0.25, 0.3) is 0 Å². The predicted molar refractivity (Wildman–Crippen MR) is 144 cm³/mol. The molecule has 0 fully saturated rings. The van der Waals surface area contributed by atoms with E-state index < -0.39 is 24.0 Å². The molecule has 0 aliphatic rings. The standard InChI is InChI=1S/C28H33N5O4/c1-19-9-11-22(12-10-19)15-30-32-28(37)25-8-5-13-29-26(25)31-27(36)24-7-4-6-23(14-24)18-33(16-20(2)34)17-21(3)35/h4-15,20-21,34-35H,16-18H2,1-3H3,(H,32,37)(H,29,31,36). The lowest BCUT2D eigenvalue weighted by Crippen LogP contribution is -2.35. The van der Waals surface area contributed by atoms with Crippen molar-refractivity contribution >= 4 is 23.8 Å². The summed E-state index contributed by atoms with van der Waals surface area (Å²) in [6, 6.07) is 17.9. The second-order valence-electron chi connectivity index (χ2n) is 9.06. The van der Waals surface area contributed by atoms with Crippen LogP contribution in [-0.2, 0) is 6.54 Å². The normalized spacial score (nSPS) is 12.9. The molecule has 4 N–H and O–H groups in total. The Morgan fingerprint density at radius 3 is 2.38 bits per heavy atom. The molecular formula is C28H33N5O4. The predicted octanol–water partition coefficient (Wildman–Crippen LogP) is 2.97. The molecule has 0 saturated carbocycles. The SMILES string of the molecule is Cc1ccc(C=NNC(=O)c2cccnc2NC(=O)c2cccc(CN(CC(C)O)CC(C)O)c2)cc1. The maximum atomic E-state index is 13.0. The maximum Gasteiger partial charge on any atom is 0.275 e. The molecule has 2 amide bonds. The summed E-state index contributed by atoms with van der Waals surface area (Å²) in [5, 5.41) is 26.3. The molecule has 9 nitrogen and oxygen atoms in total. The van der Waals surface area contributed by atoms with Gasteiger partial charge in [0, 0.05) is 31.4 Å². The molecule has 0 radical (unpaired) electrons. The molecule has 194 valence electrons. The van der Waals surface area contributed by atoms with Crippen LogP contribution < -0.4 is 10.7 Å². The Morgan fingerprint density at radius 2 is 1.70 bits per heavy atom. The number of amides is 2. The quantitative estimate of drug-likeness (QED) is 0.235. The Balaban J connectivity index is 1.69. The highest BCUT2D eigenvalue weighted by molar-refractivity contribution is 6.08. The van der Waals surface area contributed by atoms with Crippen LogP contribution in [0.5, 0.6) is 0 Å². The molecule has 0 aliphatic heterocycles. The molecule has 1 aromatic heterocycles. The van der Waals surface area contributed by atoms with Crippen LogP contribution in [0.1, 0.15) is 51.3 Å². The lowest BCUT2D eigenvalue weighted by atomic mass is 10.1. The fraction of sp³-hybridized carbons (Fsp3) is 0.286. The number of aromatic nitrogens is 1. The molecular weight excluding hydrogens is 470 g/mol. The summed E-state index contributed by atoms with van der Waals surface area (Å²) in [5.41, 5.74) is 5.84. The summed E-state index contributed by atoms with van der Waals surface area (Å²) in [7, 11) is 0. The Hall–Kier alpha value is -3.92. The Morgan fingerprint density at radius 1 is 1.00 bits per heavy atom. The van der Waals surface area contributed by atoms with Gasteiger partial charge in [-0.2, -0.15) is 5.10 Å². The molecule has 0 bridgehead atoms. The van der Waals surface area contributed by atoms with Gasteiger partial charge in [-0.05, 0) is 56.2 Å². The van der Waals surface area contributed by atoms with Crippen molar-refractivity contribution in [1.29, 1.82) is 0 Å². The summed E-state index contributed by atoms with van der Waals surface area (Å²) < 4.78 is 0. The van der Waals surface area contributed by atoms with Crippen molar-refractivity contribution < 1.29 is 19.8 Å². The molecule has 0 spiro atoms. The summed E-state index contributed by atoms with van der Waals surface area (Å²) in [6.07, 6.45) is 1.92. The number of aliphatic hydroxyl groups excluding tert-OH is 2. The van der Waals surface area contributed by atoms with Gasteiger partial charge in [0.2, 0.25) is 0 Å². The average molecular weight is 504 g/mol. The van der Waals surface area contributed by atoms with Crippen molar-refractivity contribution in [1.82, 2.24) is 15.3 Å². The number of carbonyl (C=O) groups excluding carboxylic acids is 2. The topological polar surface area (TPSA) is 127 Å². The first-order valence-corrected chi connectivity index (χ1v) is 12.0. The van der Waals surface area contributed by atoms with Gasteiger partial charge in [0.05, 0.1) is 24.0 Å². The number of benzene rings is 2. The smallest absolute Gasteiger partial charge is 0.275 e. The van der Waals surface area contributed by atoms with E-state index >= 15 is 0 Å². The van der Waals surface area contributed by atoms with Crippen LogP contribution in [0, 0.1) is 6.92 Å². The Labute approximate surface area is 216 Å². The zero-order chi connectivity index (χ0) is 26.8. The number of pyridine rings is 1. The molecule has 3 aromatic rings. The van der Waals surface area contributed by atoms with E-state index in [0.717, 1.165) is 16.7 Å². The summed E-state index contributed by atoms with van der Waals surface area (Å²) in [4.78, 5) is 31.8. The minimum atomic E-state index is -0.555. The number of nitrogens with one attached hydrogen (secondary N) is 2. The van der Waals surface area contributed by atoms with Crippen molar-refractivity contribution in [3.63, 3.8) is 0 Å². The van der Waals surface area contributed by atoms with Crippen LogP contribution in [0.3, 0.4) is 0 Å². The van der Waals surface area contributed by atoms with Crippen LogP contribution in [-0.4, -0.2) is 63.4 Å². The first kappa shape index (κ1) is 27.7. The van der Waals surface area contributed by atoms with E-state index in [-0.39, 0.29) is 11.4 Å². The van der Waals surface area contributed by atoms with E-state index in [9.17, 15) is 19.8 Å². The number of aryl methyl sites for hydroxylation is 1. The number of aliphatic hydroxyl groups is 2. The minimum Gasteiger partial charge on any atom is -0.392 e. The minimum absolute atomic E-state index is 0.116. The van der Waals surface area contributed by atoms with Crippen LogP contribution >= 0.6 is 0 Å². The van der Waals surface area contributed by atoms with Gasteiger partial charge >= 0.3 is 0 Å². The highest BCUT2D eigenvalue weighted by atomic mass is 16.3. The van der Waals surface area contributed by atoms with Crippen molar-refractivity contribution in [2.75, 3.05) is 18.4 Å². The highest BCUT2D eigenvalue weighted by Gasteiger charge is 2.17. The van der Waals surface area contributed by atoms with Crippen LogP contribution in [0.4, 0.5) is 5.82 Å². The third kappa shape index (κ3) is 8.91. The molecule has 37 heavy (non-hydrogen) atoms. The molecule has 3 rings (SSSR count). The van der Waals surface area contributed by atoms with Crippen molar-refractivity contribution in [2.45, 2.75) is 39.5 Å². The van der Waals surface area contributed by atoms with E-state index in [0.29, 0.717) is 25.2 Å². The lowest BCUT2D eigenvalue weighted by Gasteiger charge is -2.25. The van der Waals surface area contributed by atoms with Gasteiger partial charge in [-0.3, -0.25) is 14.5 Å². The first-order chi connectivity index (χ1) is 17.7. The molecule has 2 aromatic carbocycles. The number of carbonyl (C=O) groups is 2. The Kier molecular flexibility index (Phi) is 10.0. The second kappa shape index (κ2) is 13.4. The number of hydrogen-bond donors (Lipinski definition) is 4. The fourth-order valence-electron chi connectivity index (χ4n) is 3.77. The van der Waals surface area contributed by atoms with Crippen molar-refractivity contribution in [3.8, 4) is 0 Å². The van der Waals surface area contributed by atoms with Crippen LogP contribution in [0.2, 0.25) is 0 Å². The number of nitrogens with zero attached hydrogens (tertiary/aromatic N) is 3. The molecule has 9 heteroatoms. The Bertz CT molecular complexity index is 1220. The van der Waals surface area contributed by atoms with Gasteiger partial charge in [0.15, 0.2) is 0 Å². The van der Waals surface area contributed by atoms with Gasteiger partial charge in [-0.15, -0.1) is 0 Å². The zero-order valence-electron chi connectivity index (χ0n) is 21.3. The average Bonchev–Trinajstić information content (AvgIpc) is 2.85. The highest BCUT2D eigenvalue weighted by Crippen LogP contribution is 2.15. The summed E-state index contributed by atoms with van der Waals surface area (Å²) in [5.74, 6) is -0.812. The van der Waals surface area contributed by atoms with Gasteiger partial charge in [-0.25, -0.2) is 10.4 Å². The molecule has 0 aliphatic carbocycles. The summed E-state index contributed by atoms with van der Waals surface area (Å²) in [6.45, 7) is 6.59. The first-order valence-electron chi connectivity index (χ1n) is 12.0. The number of hydrogen-bond acceptors (Lipinski definition) is 7. The number of anilines is 1.